The number of aromatic amines is 2. The van der Waals surface area contributed by atoms with Crippen LogP contribution in [0.4, 0.5) is 45.6 Å². The highest BCUT2D eigenvalue weighted by Crippen LogP contribution is 2.42. The molecule has 0 fully saturated rings. The third kappa shape index (κ3) is 30.2. The second-order valence-corrected chi connectivity index (χ2v) is 28.1. The SMILES string of the molecule is C=CC(=O)O.N=N.Nc1cccc(-n2nc3c(=O)[nH]nc(N)c3c2-c2ccc(Oc3ccccc3)cc2)c1.O.O=C=O.O=C=O.O=C=O.O=[N+]([O-])c1cccc(B(O)O)c1.[C-]#[N+]c1c(-c2ccc(Oc3ccccc3)cc2)n[nH]c1CC.[C-]#[N+]c1c(CC)nn(-c2cccc(N)c2)c1-c1ccc(Oc2ccccc2)cc1.[C-]#[N+]c1c(CC)nn(-c2cccc([N+](=O)[O-])c2)c1-c1ccc(Oc2ccccc2)cc1.[HH]. The predicted octanol–water partition coefficient (Wildman–Crippen LogP) is 18.9. The number of aromatic nitrogens is 10. The molecule has 0 saturated heterocycles. The number of nitrogens with two attached hydrogens (primary N) is 3. The highest BCUT2D eigenvalue weighted by Gasteiger charge is 2.26. The number of non-ortho nitro benzene ring substituents is 2. The van der Waals surface area contributed by atoms with Gasteiger partial charge in [-0.2, -0.15) is 54.3 Å². The van der Waals surface area contributed by atoms with Crippen LogP contribution in [0.2, 0.25) is 0 Å². The molecule has 0 bridgehead atoms. The summed E-state index contributed by atoms with van der Waals surface area (Å²) in [4.78, 5) is 102. The monoisotopic (exact) mass is 1910 g/mol. The van der Waals surface area contributed by atoms with E-state index in [0.717, 1.165) is 98.1 Å². The summed E-state index contributed by atoms with van der Waals surface area (Å²) < 4.78 is 28.4. The summed E-state index contributed by atoms with van der Waals surface area (Å²) in [7, 11) is -1.66. The van der Waals surface area contributed by atoms with E-state index in [0.29, 0.717) is 92.3 Å². The summed E-state index contributed by atoms with van der Waals surface area (Å²) in [6.07, 6.45) is 3.59. The number of hydrogen-bond donors (Lipinski definition) is 10. The van der Waals surface area contributed by atoms with E-state index >= 15 is 0 Å². The zero-order valence-corrected chi connectivity index (χ0v) is 75.4. The summed E-state index contributed by atoms with van der Waals surface area (Å²) in [5.41, 5.74) is 41.0. The van der Waals surface area contributed by atoms with Gasteiger partial charge in [-0.3, -0.25) is 30.1 Å². The van der Waals surface area contributed by atoms with Crippen molar-refractivity contribution in [3.63, 3.8) is 0 Å². The first-order chi connectivity index (χ1) is 68.3. The van der Waals surface area contributed by atoms with Crippen LogP contribution in [0.25, 0.3) is 87.5 Å². The summed E-state index contributed by atoms with van der Waals surface area (Å²) in [6.45, 7) is 31.6. The second kappa shape index (κ2) is 55.8. The average molecular weight is 1910 g/mol. The Hall–Kier alpha value is -20.6. The van der Waals surface area contributed by atoms with Gasteiger partial charge < -0.3 is 56.8 Å². The van der Waals surface area contributed by atoms with E-state index in [1.54, 1.807) is 38.3 Å². The van der Waals surface area contributed by atoms with E-state index in [-0.39, 0.29) is 53.5 Å². The lowest BCUT2D eigenvalue weighted by molar-refractivity contribution is -0.385. The minimum Gasteiger partial charge on any atom is -0.478 e. The smallest absolute Gasteiger partial charge is 0.478 e. The van der Waals surface area contributed by atoms with Gasteiger partial charge in [0.2, 0.25) is 17.1 Å². The zero-order chi connectivity index (χ0) is 102. The molecule has 0 atom stereocenters. The number of nitrogen functional groups attached to an aromatic ring is 3. The highest BCUT2D eigenvalue weighted by atomic mass is 16.6. The number of para-hydroxylation sites is 4. The number of aryl methyl sites for hydroxylation is 3. The van der Waals surface area contributed by atoms with Gasteiger partial charge in [0.05, 0.1) is 86.2 Å². The van der Waals surface area contributed by atoms with E-state index in [2.05, 4.69) is 51.7 Å². The third-order valence-electron chi connectivity index (χ3n) is 19.2. The van der Waals surface area contributed by atoms with Crippen LogP contribution in [-0.2, 0) is 52.8 Å². The molecule has 142 heavy (non-hydrogen) atoms. The normalized spacial score (nSPS) is 9.62. The maximum atomic E-state index is 12.4. The zero-order valence-electron chi connectivity index (χ0n) is 75.4. The number of benzene rings is 12. The number of H-pyrrole nitrogens is 2. The van der Waals surface area contributed by atoms with Crippen LogP contribution in [0, 0.1) is 51.0 Å². The Kier molecular flexibility index (Phi) is 42.6. The lowest BCUT2D eigenvalue weighted by Crippen LogP contribution is -2.29. The van der Waals surface area contributed by atoms with Crippen molar-refractivity contribution in [3.8, 4) is 108 Å². The molecule has 0 aliphatic rings. The molecule has 41 heteroatoms. The van der Waals surface area contributed by atoms with Crippen molar-refractivity contribution >= 4 is 93.5 Å². The van der Waals surface area contributed by atoms with Gasteiger partial charge in [-0.05, 0) is 193 Å². The molecule has 0 spiro atoms. The Morgan fingerprint density at radius 1 is 0.458 bits per heavy atom. The number of carbonyl (C=O) groups is 1. The van der Waals surface area contributed by atoms with Gasteiger partial charge in [-0.1, -0.05) is 167 Å². The van der Waals surface area contributed by atoms with Gasteiger partial charge in [-0.25, -0.2) is 49.5 Å². The van der Waals surface area contributed by atoms with Gasteiger partial charge in [-0.15, -0.1) is 0 Å². The van der Waals surface area contributed by atoms with Crippen LogP contribution in [0.5, 0.6) is 46.0 Å². The number of hydrogen-bond acceptors (Lipinski definition) is 28. The van der Waals surface area contributed by atoms with Crippen molar-refractivity contribution < 1.29 is 84.4 Å². The molecule has 5 aromatic heterocycles. The molecule has 12 aromatic carbocycles. The lowest BCUT2D eigenvalue weighted by Gasteiger charge is -2.11. The molecule has 0 aliphatic carbocycles. The van der Waals surface area contributed by atoms with Gasteiger partial charge in [0, 0.05) is 54.4 Å². The lowest BCUT2D eigenvalue weighted by atomic mass is 9.80. The summed E-state index contributed by atoms with van der Waals surface area (Å²) in [5.74, 6) is 5.08. The second-order valence-electron chi connectivity index (χ2n) is 28.1. The molecule has 17 aromatic rings. The van der Waals surface area contributed by atoms with Crippen LogP contribution >= 0.6 is 0 Å². The molecule has 0 unspecified atom stereocenters. The Morgan fingerprint density at radius 2 is 0.775 bits per heavy atom. The van der Waals surface area contributed by atoms with Crippen LogP contribution in [0.1, 0.15) is 39.3 Å². The van der Waals surface area contributed by atoms with Crippen molar-refractivity contribution in [2.75, 3.05) is 17.2 Å². The Morgan fingerprint density at radius 3 is 1.10 bits per heavy atom. The number of nitrogens with one attached hydrogen (secondary N) is 4. The topological polar surface area (TPSA) is 602 Å². The van der Waals surface area contributed by atoms with Gasteiger partial charge in [0.25, 0.3) is 16.9 Å². The molecule has 5 heterocycles. The molecule has 0 amide bonds. The Balaban J connectivity index is 0.000000268. The number of fused-ring (bicyclic) bond motifs is 1. The van der Waals surface area contributed by atoms with Crippen molar-refractivity contribution in [1.82, 2.24) is 49.7 Å². The Labute approximate surface area is 810 Å². The minimum absolute atomic E-state index is 0. The molecule has 0 aliphatic heterocycles. The predicted molar refractivity (Wildman–Crippen MR) is 527 cm³/mol. The first-order valence-corrected chi connectivity index (χ1v) is 41.5. The molecular formula is C101H87BN20O20. The molecular weight excluding hydrogens is 1820 g/mol. The maximum absolute atomic E-state index is 12.4. The summed E-state index contributed by atoms with van der Waals surface area (Å²) >= 11 is 0. The van der Waals surface area contributed by atoms with Crippen molar-refractivity contribution in [1.29, 1.82) is 11.1 Å². The van der Waals surface area contributed by atoms with Crippen molar-refractivity contribution in [3.05, 3.63) is 410 Å². The standard InChI is InChI=1S/C24H18N4O3.C24H20N4O.C23H18N6O2.C18H15N3O.C6H6BNO4.C3H4O2.3CO2.H2N2.H2O.H2/c1-3-22-23(25-2)24(27(26-22)18-8-7-9-19(16-18)28(29)30)17-12-14-21(15-13-17)31-20-10-5-4-6-11-20;1-3-22-23(26-2)24(28(27-22)19-9-7-8-18(25)16-19)17-12-14-21(15-13-17)29-20-10-5-4-6-11-20;24-15-5-4-6-16(13-15)29-21(19-20(28-29)23(30)27-26-22(19)25)14-9-11-18(12-10-14)31-17-7-2-1-3-8-17;1-3-16-18(19-2)17(21-20-16)13-9-11-15(12-10-13)22-14-7-5-4-6-8-14;9-7(10)5-2-1-3-6(4-5)8(11)12;1-2-3(4)5;3*2-1-3;1-2;;/h4-16H,3H2,1H3;4-16H,3,25H2,1H3;1-13H,24H2,(H2,25,26)(H,27,30);4-12H,3H2,1H3,(H,20,21);1-4,9-10H;2H,1H2,(H,4,5);;;;1-2H;1H2;1H. The van der Waals surface area contributed by atoms with Gasteiger partial charge >= 0.3 is 31.5 Å². The van der Waals surface area contributed by atoms with Gasteiger partial charge in [0.1, 0.15) is 46.0 Å². The number of rotatable bonds is 22. The molecule has 40 nitrogen and oxygen atoms in total. The van der Waals surface area contributed by atoms with E-state index in [9.17, 15) is 29.8 Å². The number of ether oxygens (including phenoxy) is 4. The minimum atomic E-state index is -1.66. The maximum Gasteiger partial charge on any atom is 0.488 e. The van der Waals surface area contributed by atoms with Crippen LogP contribution in [-0.4, -0.2) is 112 Å². The van der Waals surface area contributed by atoms with Crippen LogP contribution in [0.15, 0.2) is 333 Å². The molecule has 0 radical (unpaired) electrons. The summed E-state index contributed by atoms with van der Waals surface area (Å²) in [6, 6.07) is 94.6. The number of nitrogens with zero attached hydrogens (tertiary/aromatic N) is 13. The number of anilines is 3. The molecule has 0 saturated carbocycles. The molecule has 15 N–H and O–H groups in total. The van der Waals surface area contributed by atoms with Crippen molar-refractivity contribution in [2.45, 2.75) is 40.0 Å². The number of nitro benzene ring substituents is 2. The number of carboxylic acid groups (broad SMARTS) is 1. The first kappa shape index (κ1) is 108. The van der Waals surface area contributed by atoms with Crippen LogP contribution < -0.4 is 47.2 Å². The van der Waals surface area contributed by atoms with E-state index < -0.39 is 28.5 Å². The Bertz CT molecular complexity index is 7360. The van der Waals surface area contributed by atoms with E-state index in [1.807, 2.05) is 276 Å². The fourth-order valence-corrected chi connectivity index (χ4v) is 13.0. The van der Waals surface area contributed by atoms with Crippen LogP contribution in [0.3, 0.4) is 0 Å². The van der Waals surface area contributed by atoms with E-state index in [1.165, 1.54) is 30.3 Å². The van der Waals surface area contributed by atoms with Gasteiger partial charge in [0.15, 0.2) is 11.3 Å². The number of nitro groups is 2. The number of carboxylic acids is 1. The number of carbonyl (C=O) groups excluding carboxylic acids is 6. The molecule has 17 rings (SSSR count). The quantitative estimate of drug-likeness (QED) is 0.00573. The fourth-order valence-electron chi connectivity index (χ4n) is 13.0. The largest absolute Gasteiger partial charge is 0.488 e. The fraction of sp³-hybridized carbons (Fsp3) is 0.0594. The average Bonchev–Trinajstić information content (AvgIpc) is 1.59. The third-order valence-corrected chi connectivity index (χ3v) is 19.2. The van der Waals surface area contributed by atoms with Crippen molar-refractivity contribution in [2.24, 2.45) is 0 Å². The first-order valence-electron chi connectivity index (χ1n) is 41.5. The van der Waals surface area contributed by atoms with E-state index in [4.69, 9.17) is 116 Å². The summed E-state index contributed by atoms with van der Waals surface area (Å²) in [5, 5.41) is 74.2. The number of aliphatic carboxylic acids is 1. The highest BCUT2D eigenvalue weighted by molar-refractivity contribution is 6.58. The molecule has 714 valence electrons.